The zero-order valence-electron chi connectivity index (χ0n) is 10.3. The van der Waals surface area contributed by atoms with Crippen LogP contribution in [0.25, 0.3) is 0 Å². The van der Waals surface area contributed by atoms with Gasteiger partial charge in [-0.05, 0) is 6.42 Å². The summed E-state index contributed by atoms with van der Waals surface area (Å²) in [4.78, 5) is 18.3. The Morgan fingerprint density at radius 3 is 2.94 bits per heavy atom. The van der Waals surface area contributed by atoms with E-state index in [0.29, 0.717) is 32.2 Å². The lowest BCUT2D eigenvalue weighted by Gasteiger charge is -2.06. The van der Waals surface area contributed by atoms with Gasteiger partial charge in [0.05, 0.1) is 25.6 Å². The van der Waals surface area contributed by atoms with Crippen LogP contribution in [0.1, 0.15) is 16.9 Å². The summed E-state index contributed by atoms with van der Waals surface area (Å²) >= 11 is 0. The van der Waals surface area contributed by atoms with Crippen LogP contribution in [0.4, 0.5) is 5.82 Å². The first-order chi connectivity index (χ1) is 8.74. The number of methoxy groups -OCH3 is 1. The molecule has 1 rings (SSSR count). The van der Waals surface area contributed by atoms with Crippen LogP contribution >= 0.6 is 0 Å². The number of aromatic carboxylic acids is 1. The fourth-order valence-corrected chi connectivity index (χ4v) is 1.19. The highest BCUT2D eigenvalue weighted by Gasteiger charge is 2.05. The van der Waals surface area contributed by atoms with Gasteiger partial charge in [-0.1, -0.05) is 0 Å². The van der Waals surface area contributed by atoms with Gasteiger partial charge in [0.1, 0.15) is 5.82 Å². The maximum atomic E-state index is 10.7. The first-order valence-corrected chi connectivity index (χ1v) is 5.60. The maximum Gasteiger partial charge on any atom is 0.356 e. The third kappa shape index (κ3) is 5.55. The van der Waals surface area contributed by atoms with Crippen molar-refractivity contribution in [3.8, 4) is 0 Å². The van der Waals surface area contributed by atoms with E-state index in [-0.39, 0.29) is 5.69 Å². The molecule has 0 saturated heterocycles. The quantitative estimate of drug-likeness (QED) is 0.625. The molecule has 100 valence electrons. The number of anilines is 1. The molecule has 0 atom stereocenters. The fraction of sp³-hybridized carbons (Fsp3) is 0.545. The number of carboxylic acids is 1. The molecule has 0 aliphatic carbocycles. The SMILES string of the molecule is COCCOCCCNc1cncc(C(=O)O)n1. The molecule has 0 fully saturated rings. The Morgan fingerprint density at radius 1 is 1.39 bits per heavy atom. The summed E-state index contributed by atoms with van der Waals surface area (Å²) in [5, 5.41) is 11.7. The van der Waals surface area contributed by atoms with Crippen LogP contribution in [-0.2, 0) is 9.47 Å². The number of carbonyl (C=O) groups is 1. The monoisotopic (exact) mass is 255 g/mol. The second-order valence-corrected chi connectivity index (χ2v) is 3.48. The normalized spacial score (nSPS) is 10.3. The van der Waals surface area contributed by atoms with Crippen molar-refractivity contribution < 1.29 is 19.4 Å². The van der Waals surface area contributed by atoms with Gasteiger partial charge >= 0.3 is 5.97 Å². The van der Waals surface area contributed by atoms with Crippen LogP contribution < -0.4 is 5.32 Å². The minimum Gasteiger partial charge on any atom is -0.476 e. The second-order valence-electron chi connectivity index (χ2n) is 3.48. The lowest BCUT2D eigenvalue weighted by atomic mass is 10.4. The molecule has 2 N–H and O–H groups in total. The largest absolute Gasteiger partial charge is 0.476 e. The molecule has 0 radical (unpaired) electrons. The fourth-order valence-electron chi connectivity index (χ4n) is 1.19. The van der Waals surface area contributed by atoms with Crippen LogP contribution in [0.15, 0.2) is 12.4 Å². The van der Waals surface area contributed by atoms with Gasteiger partial charge in [-0.25, -0.2) is 9.78 Å². The lowest BCUT2D eigenvalue weighted by Crippen LogP contribution is -2.10. The molecule has 1 aromatic heterocycles. The van der Waals surface area contributed by atoms with E-state index in [9.17, 15) is 4.79 Å². The molecule has 0 amide bonds. The van der Waals surface area contributed by atoms with Gasteiger partial charge in [0.25, 0.3) is 0 Å². The number of nitrogens with zero attached hydrogens (tertiary/aromatic N) is 2. The summed E-state index contributed by atoms with van der Waals surface area (Å²) in [6, 6.07) is 0. The Hall–Kier alpha value is -1.73. The standard InChI is InChI=1S/C11H17N3O4/c1-17-5-6-18-4-2-3-13-10-8-12-7-9(14-10)11(15)16/h7-8H,2-6H2,1H3,(H,13,14)(H,15,16). The van der Waals surface area contributed by atoms with Crippen molar-refractivity contribution in [2.75, 3.05) is 38.8 Å². The molecule has 7 nitrogen and oxygen atoms in total. The summed E-state index contributed by atoms with van der Waals surface area (Å²) in [5.41, 5.74) is -0.0728. The highest BCUT2D eigenvalue weighted by atomic mass is 16.5. The molecule has 0 bridgehead atoms. The number of rotatable bonds is 9. The van der Waals surface area contributed by atoms with Crippen molar-refractivity contribution in [1.82, 2.24) is 9.97 Å². The van der Waals surface area contributed by atoms with Crippen molar-refractivity contribution in [3.63, 3.8) is 0 Å². The number of hydrogen-bond acceptors (Lipinski definition) is 6. The molecule has 1 heterocycles. The highest BCUT2D eigenvalue weighted by molar-refractivity contribution is 5.85. The minimum absolute atomic E-state index is 0.0728. The highest BCUT2D eigenvalue weighted by Crippen LogP contribution is 2.02. The number of ether oxygens (including phenoxy) is 2. The van der Waals surface area contributed by atoms with Gasteiger partial charge in [-0.15, -0.1) is 0 Å². The van der Waals surface area contributed by atoms with E-state index in [0.717, 1.165) is 6.42 Å². The van der Waals surface area contributed by atoms with E-state index in [1.165, 1.54) is 12.4 Å². The summed E-state index contributed by atoms with van der Waals surface area (Å²) in [5.74, 6) is -0.638. The van der Waals surface area contributed by atoms with Crippen molar-refractivity contribution in [3.05, 3.63) is 18.1 Å². The average Bonchev–Trinajstić information content (AvgIpc) is 2.38. The molecule has 0 aromatic carbocycles. The average molecular weight is 255 g/mol. The number of nitrogens with one attached hydrogen (secondary N) is 1. The van der Waals surface area contributed by atoms with Crippen LogP contribution in [0.2, 0.25) is 0 Å². The van der Waals surface area contributed by atoms with E-state index >= 15 is 0 Å². The lowest BCUT2D eigenvalue weighted by molar-refractivity contribution is 0.0689. The van der Waals surface area contributed by atoms with E-state index in [2.05, 4.69) is 15.3 Å². The van der Waals surface area contributed by atoms with Gasteiger partial charge in [-0.2, -0.15) is 0 Å². The Kier molecular flexibility index (Phi) is 6.67. The van der Waals surface area contributed by atoms with Gasteiger partial charge in [0, 0.05) is 20.3 Å². The van der Waals surface area contributed by atoms with Crippen molar-refractivity contribution in [2.45, 2.75) is 6.42 Å². The Labute approximate surface area is 105 Å². The Bertz CT molecular complexity index is 373. The summed E-state index contributed by atoms with van der Waals surface area (Å²) in [7, 11) is 1.62. The first-order valence-electron chi connectivity index (χ1n) is 5.60. The number of carboxylic acid groups (broad SMARTS) is 1. The smallest absolute Gasteiger partial charge is 0.356 e. The molecule has 0 aliphatic heterocycles. The third-order valence-electron chi connectivity index (χ3n) is 2.06. The predicted molar refractivity (Wildman–Crippen MR) is 64.8 cm³/mol. The minimum atomic E-state index is -1.09. The summed E-state index contributed by atoms with van der Waals surface area (Å²) in [6.07, 6.45) is 3.49. The maximum absolute atomic E-state index is 10.7. The molecular weight excluding hydrogens is 238 g/mol. The Balaban J connectivity index is 2.19. The Morgan fingerprint density at radius 2 is 2.22 bits per heavy atom. The van der Waals surface area contributed by atoms with E-state index in [1.807, 2.05) is 0 Å². The van der Waals surface area contributed by atoms with Crippen LogP contribution in [-0.4, -0.2) is 54.5 Å². The predicted octanol–water partition coefficient (Wildman–Crippen LogP) is 0.640. The zero-order chi connectivity index (χ0) is 13.2. The molecule has 1 aromatic rings. The van der Waals surface area contributed by atoms with Crippen LogP contribution in [0, 0.1) is 0 Å². The van der Waals surface area contributed by atoms with Gasteiger partial charge < -0.3 is 19.9 Å². The second kappa shape index (κ2) is 8.37. The molecule has 7 heteroatoms. The molecule has 0 aliphatic rings. The van der Waals surface area contributed by atoms with Gasteiger partial charge in [-0.3, -0.25) is 4.98 Å². The molecule has 18 heavy (non-hydrogen) atoms. The van der Waals surface area contributed by atoms with Crippen LogP contribution in [0.3, 0.4) is 0 Å². The first kappa shape index (κ1) is 14.3. The topological polar surface area (TPSA) is 93.6 Å². The zero-order valence-corrected chi connectivity index (χ0v) is 10.3. The number of hydrogen-bond donors (Lipinski definition) is 2. The summed E-state index contributed by atoms with van der Waals surface area (Å²) < 4.78 is 10.1. The molecule has 0 saturated carbocycles. The van der Waals surface area contributed by atoms with E-state index in [4.69, 9.17) is 14.6 Å². The van der Waals surface area contributed by atoms with E-state index in [1.54, 1.807) is 7.11 Å². The van der Waals surface area contributed by atoms with Crippen molar-refractivity contribution in [2.24, 2.45) is 0 Å². The molecule has 0 spiro atoms. The van der Waals surface area contributed by atoms with E-state index < -0.39 is 5.97 Å². The van der Waals surface area contributed by atoms with Crippen LogP contribution in [0.5, 0.6) is 0 Å². The van der Waals surface area contributed by atoms with Crippen molar-refractivity contribution >= 4 is 11.8 Å². The third-order valence-corrected chi connectivity index (χ3v) is 2.06. The van der Waals surface area contributed by atoms with Gasteiger partial charge in [0.15, 0.2) is 5.69 Å². The van der Waals surface area contributed by atoms with Gasteiger partial charge in [0.2, 0.25) is 0 Å². The number of aromatic nitrogens is 2. The van der Waals surface area contributed by atoms with Crippen molar-refractivity contribution in [1.29, 1.82) is 0 Å². The summed E-state index contributed by atoms with van der Waals surface area (Å²) in [6.45, 7) is 2.41. The molecular formula is C11H17N3O4. The molecule has 0 unspecified atom stereocenters.